The minimum atomic E-state index is -0.417. The van der Waals surface area contributed by atoms with Crippen molar-refractivity contribution >= 4 is 46.6 Å². The Labute approximate surface area is 164 Å². The lowest BCUT2D eigenvalue weighted by atomic mass is 10.3. The minimum Gasteiger partial charge on any atom is -0.378 e. The van der Waals surface area contributed by atoms with Crippen LogP contribution in [0.15, 0.2) is 53.7 Å². The van der Waals surface area contributed by atoms with Gasteiger partial charge < -0.3 is 11.1 Å². The number of carbonyl (C=O) groups is 1. The summed E-state index contributed by atoms with van der Waals surface area (Å²) < 4.78 is 1.86. The van der Waals surface area contributed by atoms with Gasteiger partial charge in [-0.05, 0) is 42.5 Å². The van der Waals surface area contributed by atoms with Gasteiger partial charge in [0.1, 0.15) is 0 Å². The Bertz CT molecular complexity index is 914. The summed E-state index contributed by atoms with van der Waals surface area (Å²) in [5.41, 5.74) is 6.96. The van der Waals surface area contributed by atoms with Crippen molar-refractivity contribution in [2.75, 3.05) is 11.1 Å². The second-order valence-electron chi connectivity index (χ2n) is 5.33. The monoisotopic (exact) mass is 407 g/mol. The van der Waals surface area contributed by atoms with Crippen LogP contribution in [0, 0.1) is 0 Å². The number of anilines is 1. The van der Waals surface area contributed by atoms with E-state index in [-0.39, 0.29) is 5.75 Å². The molecule has 3 N–H and O–H groups in total. The second-order valence-corrected chi connectivity index (χ2v) is 7.14. The van der Waals surface area contributed by atoms with Gasteiger partial charge in [-0.15, -0.1) is 10.2 Å². The number of benzene rings is 2. The Morgan fingerprint density at radius 2 is 1.88 bits per heavy atom. The minimum absolute atomic E-state index is 0.118. The molecule has 1 heterocycles. The summed E-state index contributed by atoms with van der Waals surface area (Å²) >= 11 is 13.2. The van der Waals surface area contributed by atoms with Crippen LogP contribution < -0.4 is 11.1 Å². The number of hydrogen-bond donors (Lipinski definition) is 2. The number of aromatic nitrogens is 3. The van der Waals surface area contributed by atoms with Gasteiger partial charge in [-0.25, -0.2) is 0 Å². The summed E-state index contributed by atoms with van der Waals surface area (Å²) in [6.07, 6.45) is 0. The molecule has 0 saturated carbocycles. The normalized spacial score (nSPS) is 10.7. The number of primary amides is 1. The summed E-state index contributed by atoms with van der Waals surface area (Å²) in [4.78, 5) is 11.1. The van der Waals surface area contributed by atoms with Crippen molar-refractivity contribution in [2.45, 2.75) is 11.7 Å². The molecule has 3 aromatic rings. The van der Waals surface area contributed by atoms with E-state index >= 15 is 0 Å². The zero-order valence-corrected chi connectivity index (χ0v) is 15.9. The van der Waals surface area contributed by atoms with Crippen LogP contribution in [-0.4, -0.2) is 26.4 Å². The van der Waals surface area contributed by atoms with Crippen LogP contribution in [0.5, 0.6) is 0 Å². The van der Waals surface area contributed by atoms with E-state index in [1.807, 2.05) is 41.0 Å². The molecular weight excluding hydrogens is 393 g/mol. The molecule has 0 radical (unpaired) electrons. The lowest BCUT2D eigenvalue weighted by molar-refractivity contribution is -0.115. The lowest BCUT2D eigenvalue weighted by Gasteiger charge is -2.11. The maximum Gasteiger partial charge on any atom is 0.227 e. The second kappa shape index (κ2) is 8.44. The SMILES string of the molecule is NC(=O)CSc1nnc(CNc2cccc(Cl)c2)n1-c1ccc(Cl)cc1. The van der Waals surface area contributed by atoms with Crippen molar-refractivity contribution in [3.8, 4) is 5.69 Å². The van der Waals surface area contributed by atoms with E-state index in [0.29, 0.717) is 27.6 Å². The van der Waals surface area contributed by atoms with Crippen LogP contribution in [-0.2, 0) is 11.3 Å². The van der Waals surface area contributed by atoms with Crippen molar-refractivity contribution in [3.05, 3.63) is 64.4 Å². The first-order valence-electron chi connectivity index (χ1n) is 7.63. The van der Waals surface area contributed by atoms with Crippen LogP contribution in [0.25, 0.3) is 5.69 Å². The van der Waals surface area contributed by atoms with Crippen molar-refractivity contribution in [1.82, 2.24) is 14.8 Å². The third-order valence-corrected chi connectivity index (χ3v) is 4.84. The van der Waals surface area contributed by atoms with Crippen LogP contribution in [0.3, 0.4) is 0 Å². The molecule has 2 aromatic carbocycles. The largest absolute Gasteiger partial charge is 0.378 e. The predicted molar refractivity (Wildman–Crippen MR) is 105 cm³/mol. The molecule has 0 atom stereocenters. The van der Waals surface area contributed by atoms with Crippen LogP contribution >= 0.6 is 35.0 Å². The quantitative estimate of drug-likeness (QED) is 0.582. The standard InChI is InChI=1S/C17H15Cl2N5OS/c18-11-4-6-14(7-5-11)24-16(22-23-17(24)26-10-15(20)25)9-21-13-3-1-2-12(19)8-13/h1-8,21H,9-10H2,(H2,20,25). The Hall–Kier alpha value is -2.22. The first kappa shape index (κ1) is 18.6. The molecule has 0 spiro atoms. The fourth-order valence-electron chi connectivity index (χ4n) is 2.27. The van der Waals surface area contributed by atoms with E-state index < -0.39 is 5.91 Å². The van der Waals surface area contributed by atoms with E-state index in [0.717, 1.165) is 11.4 Å². The van der Waals surface area contributed by atoms with E-state index in [1.54, 1.807) is 12.1 Å². The average molecular weight is 408 g/mol. The molecule has 26 heavy (non-hydrogen) atoms. The number of carbonyl (C=O) groups excluding carboxylic acids is 1. The lowest BCUT2D eigenvalue weighted by Crippen LogP contribution is -2.14. The van der Waals surface area contributed by atoms with E-state index in [4.69, 9.17) is 28.9 Å². The number of hydrogen-bond acceptors (Lipinski definition) is 5. The third kappa shape index (κ3) is 4.69. The summed E-state index contributed by atoms with van der Waals surface area (Å²) in [6.45, 7) is 0.424. The molecule has 0 aliphatic rings. The van der Waals surface area contributed by atoms with Crippen LogP contribution in [0.4, 0.5) is 5.69 Å². The fraction of sp³-hybridized carbons (Fsp3) is 0.118. The molecule has 134 valence electrons. The first-order valence-corrected chi connectivity index (χ1v) is 9.38. The number of nitrogens with one attached hydrogen (secondary N) is 1. The van der Waals surface area contributed by atoms with Gasteiger partial charge in [0, 0.05) is 21.4 Å². The topological polar surface area (TPSA) is 85.8 Å². The van der Waals surface area contributed by atoms with E-state index in [1.165, 1.54) is 11.8 Å². The van der Waals surface area contributed by atoms with Gasteiger partial charge in [0.15, 0.2) is 11.0 Å². The summed E-state index contributed by atoms with van der Waals surface area (Å²) in [5.74, 6) is 0.381. The highest BCUT2D eigenvalue weighted by atomic mass is 35.5. The van der Waals surface area contributed by atoms with E-state index in [9.17, 15) is 4.79 Å². The maximum atomic E-state index is 11.1. The number of amides is 1. The summed E-state index contributed by atoms with van der Waals surface area (Å²) in [5, 5.41) is 13.5. The summed E-state index contributed by atoms with van der Waals surface area (Å²) in [7, 11) is 0. The third-order valence-electron chi connectivity index (χ3n) is 3.40. The van der Waals surface area contributed by atoms with Gasteiger partial charge in [-0.2, -0.15) is 0 Å². The number of nitrogens with zero attached hydrogens (tertiary/aromatic N) is 3. The molecule has 0 aliphatic heterocycles. The molecule has 1 aromatic heterocycles. The predicted octanol–water partition coefficient (Wildman–Crippen LogP) is 3.76. The van der Waals surface area contributed by atoms with Crippen molar-refractivity contribution < 1.29 is 4.79 Å². The van der Waals surface area contributed by atoms with Gasteiger partial charge in [-0.3, -0.25) is 9.36 Å². The zero-order valence-electron chi connectivity index (χ0n) is 13.5. The molecule has 3 rings (SSSR count). The molecule has 0 fully saturated rings. The van der Waals surface area contributed by atoms with Gasteiger partial charge in [0.25, 0.3) is 0 Å². The number of halogens is 2. The summed E-state index contributed by atoms with van der Waals surface area (Å²) in [6, 6.07) is 14.7. The Kier molecular flexibility index (Phi) is 6.03. The number of rotatable bonds is 7. The highest BCUT2D eigenvalue weighted by molar-refractivity contribution is 7.99. The molecule has 6 nitrogen and oxygen atoms in total. The van der Waals surface area contributed by atoms with Gasteiger partial charge >= 0.3 is 0 Å². The highest BCUT2D eigenvalue weighted by Gasteiger charge is 2.15. The Balaban J connectivity index is 1.88. The Morgan fingerprint density at radius 1 is 1.12 bits per heavy atom. The number of thioether (sulfide) groups is 1. The molecule has 1 amide bonds. The first-order chi connectivity index (χ1) is 12.5. The molecule has 0 saturated heterocycles. The molecular formula is C17H15Cl2N5OS. The van der Waals surface area contributed by atoms with Gasteiger partial charge in [-0.1, -0.05) is 41.0 Å². The smallest absolute Gasteiger partial charge is 0.227 e. The van der Waals surface area contributed by atoms with E-state index in [2.05, 4.69) is 15.5 Å². The van der Waals surface area contributed by atoms with Gasteiger partial charge in [0.2, 0.25) is 5.91 Å². The van der Waals surface area contributed by atoms with Crippen LogP contribution in [0.1, 0.15) is 5.82 Å². The number of nitrogens with two attached hydrogens (primary N) is 1. The van der Waals surface area contributed by atoms with Crippen molar-refractivity contribution in [2.24, 2.45) is 5.73 Å². The van der Waals surface area contributed by atoms with Crippen molar-refractivity contribution in [1.29, 1.82) is 0 Å². The van der Waals surface area contributed by atoms with Crippen molar-refractivity contribution in [3.63, 3.8) is 0 Å². The Morgan fingerprint density at radius 3 is 2.58 bits per heavy atom. The van der Waals surface area contributed by atoms with Gasteiger partial charge in [0.05, 0.1) is 12.3 Å². The molecule has 0 aliphatic carbocycles. The molecule has 9 heteroatoms. The maximum absolute atomic E-state index is 11.1. The average Bonchev–Trinajstić information content (AvgIpc) is 3.02. The van der Waals surface area contributed by atoms with Crippen LogP contribution in [0.2, 0.25) is 10.0 Å². The molecule has 0 unspecified atom stereocenters. The highest BCUT2D eigenvalue weighted by Crippen LogP contribution is 2.24. The fourth-order valence-corrected chi connectivity index (χ4v) is 3.30. The molecule has 0 bridgehead atoms. The zero-order chi connectivity index (χ0) is 18.5.